The molecule has 1 unspecified atom stereocenters. The number of alkyl halides is 1. The van der Waals surface area contributed by atoms with Crippen molar-refractivity contribution >= 4 is 45.2 Å². The second-order valence-corrected chi connectivity index (χ2v) is 10.5. The highest BCUT2D eigenvalue weighted by molar-refractivity contribution is 7.86. The van der Waals surface area contributed by atoms with E-state index < -0.39 is 22.9 Å². The molecule has 1 aromatic carbocycles. The first-order valence-corrected chi connectivity index (χ1v) is 13.2. The van der Waals surface area contributed by atoms with Gasteiger partial charge in [-0.2, -0.15) is 0 Å². The van der Waals surface area contributed by atoms with E-state index in [2.05, 4.69) is 16.8 Å². The number of allylic oxidation sites excluding steroid dienone is 4. The van der Waals surface area contributed by atoms with Crippen LogP contribution in [-0.2, 0) is 22.3 Å². The van der Waals surface area contributed by atoms with Crippen LogP contribution in [0.4, 0.5) is 5.82 Å². The molecule has 1 saturated heterocycles. The third kappa shape index (κ3) is 7.44. The Balaban J connectivity index is 1.68. The number of aromatic nitrogens is 2. The molecule has 1 fully saturated rings. The van der Waals surface area contributed by atoms with Crippen molar-refractivity contribution in [3.8, 4) is 0 Å². The third-order valence-corrected chi connectivity index (χ3v) is 7.29. The van der Waals surface area contributed by atoms with Crippen molar-refractivity contribution in [2.75, 3.05) is 37.4 Å². The number of benzene rings is 1. The fraction of sp³-hybridized carbons (Fsp3) is 0.400. The minimum atomic E-state index is -1.28. The molecular weight excluding hydrogens is 484 g/mol. The van der Waals surface area contributed by atoms with Crippen molar-refractivity contribution in [1.29, 1.82) is 0 Å². The molecule has 188 valence electrons. The number of piperazine rings is 1. The van der Waals surface area contributed by atoms with E-state index in [1.165, 1.54) is 0 Å². The molecule has 8 nitrogen and oxygen atoms in total. The van der Waals surface area contributed by atoms with Gasteiger partial charge in [0.25, 0.3) is 0 Å². The summed E-state index contributed by atoms with van der Waals surface area (Å²) < 4.78 is 14.7. The highest BCUT2D eigenvalue weighted by atomic mass is 35.5. The number of hydrogen-bond donors (Lipinski definition) is 2. The minimum Gasteiger partial charge on any atom is -0.368 e. The Morgan fingerprint density at radius 1 is 1.23 bits per heavy atom. The zero-order valence-corrected chi connectivity index (χ0v) is 21.8. The standard InChI is InChI=1S/C25H33ClN6O2S/c1-18(2)23(24(27)33)30-25-20-10-6-7-11-21(20)28-22(29-25)17-31-13-15-32(16-14-31)35(34)19(3)9-5-4-8-12-26/h4-11,18,23H,3,12-17H2,1-2H3,(H2,27,33)(H,28,29,30)/b8-4-,9-5-/t23-,35?/m0/s1. The van der Waals surface area contributed by atoms with Crippen LogP contribution < -0.4 is 11.1 Å². The molecular formula is C25H33ClN6O2S. The van der Waals surface area contributed by atoms with E-state index in [-0.39, 0.29) is 5.92 Å². The van der Waals surface area contributed by atoms with Crippen LogP contribution in [0.3, 0.4) is 0 Å². The summed E-state index contributed by atoms with van der Waals surface area (Å²) in [6, 6.07) is 7.18. The summed E-state index contributed by atoms with van der Waals surface area (Å²) in [5.74, 6) is 1.30. The maximum absolute atomic E-state index is 12.8. The van der Waals surface area contributed by atoms with E-state index in [9.17, 15) is 9.00 Å². The molecule has 1 aliphatic heterocycles. The Bertz CT molecular complexity index is 1130. The summed E-state index contributed by atoms with van der Waals surface area (Å²) in [6.07, 6.45) is 7.16. The lowest BCUT2D eigenvalue weighted by atomic mass is 10.0. The van der Waals surface area contributed by atoms with Gasteiger partial charge in [-0.25, -0.2) is 18.5 Å². The van der Waals surface area contributed by atoms with Crippen molar-refractivity contribution in [3.05, 3.63) is 65.9 Å². The van der Waals surface area contributed by atoms with Gasteiger partial charge in [0.05, 0.1) is 12.1 Å². The van der Waals surface area contributed by atoms with Gasteiger partial charge in [-0.3, -0.25) is 9.69 Å². The molecule has 2 heterocycles. The summed E-state index contributed by atoms with van der Waals surface area (Å²) in [6.45, 7) is 11.1. The fourth-order valence-electron chi connectivity index (χ4n) is 3.79. The lowest BCUT2D eigenvalue weighted by Crippen LogP contribution is -2.46. The van der Waals surface area contributed by atoms with Crippen molar-refractivity contribution in [2.45, 2.75) is 26.4 Å². The molecule has 1 aromatic heterocycles. The molecule has 0 bridgehead atoms. The van der Waals surface area contributed by atoms with Crippen LogP contribution in [0.15, 0.2) is 60.1 Å². The molecule has 1 amide bonds. The van der Waals surface area contributed by atoms with Crippen molar-refractivity contribution in [3.63, 3.8) is 0 Å². The summed E-state index contributed by atoms with van der Waals surface area (Å²) >= 11 is 5.61. The predicted molar refractivity (Wildman–Crippen MR) is 144 cm³/mol. The van der Waals surface area contributed by atoms with E-state index in [0.717, 1.165) is 24.0 Å². The van der Waals surface area contributed by atoms with E-state index in [1.807, 2.05) is 48.5 Å². The second kappa shape index (κ2) is 12.9. The maximum atomic E-state index is 12.8. The second-order valence-electron chi connectivity index (χ2n) is 8.64. The van der Waals surface area contributed by atoms with Crippen molar-refractivity contribution < 1.29 is 9.00 Å². The number of primary amides is 1. The summed E-state index contributed by atoms with van der Waals surface area (Å²) in [5.41, 5.74) is 6.42. The van der Waals surface area contributed by atoms with Gasteiger partial charge >= 0.3 is 0 Å². The number of nitrogens with two attached hydrogens (primary N) is 1. The number of nitrogens with zero attached hydrogens (tertiary/aromatic N) is 4. The van der Waals surface area contributed by atoms with Crippen LogP contribution in [0.1, 0.15) is 19.7 Å². The first-order valence-electron chi connectivity index (χ1n) is 11.6. The van der Waals surface area contributed by atoms with Gasteiger partial charge < -0.3 is 11.1 Å². The molecule has 1 aliphatic rings. The topological polar surface area (TPSA) is 104 Å². The lowest BCUT2D eigenvalue weighted by molar-refractivity contribution is -0.119. The fourth-order valence-corrected chi connectivity index (χ4v) is 4.91. The highest BCUT2D eigenvalue weighted by Gasteiger charge is 2.24. The van der Waals surface area contributed by atoms with Gasteiger partial charge in [0, 0.05) is 42.4 Å². The Labute approximate surface area is 214 Å². The number of carbonyl (C=O) groups is 1. The molecule has 3 N–H and O–H groups in total. The van der Waals surface area contributed by atoms with Gasteiger partial charge in [-0.05, 0) is 24.1 Å². The minimum absolute atomic E-state index is 0.0135. The van der Waals surface area contributed by atoms with Crippen LogP contribution in [-0.4, -0.2) is 67.4 Å². The molecule has 0 spiro atoms. The van der Waals surface area contributed by atoms with Crippen LogP contribution >= 0.6 is 11.6 Å². The van der Waals surface area contributed by atoms with Crippen molar-refractivity contribution in [2.24, 2.45) is 11.7 Å². The van der Waals surface area contributed by atoms with E-state index in [0.29, 0.717) is 42.1 Å². The number of anilines is 1. The molecule has 2 atom stereocenters. The monoisotopic (exact) mass is 516 g/mol. The van der Waals surface area contributed by atoms with E-state index >= 15 is 0 Å². The number of nitrogens with one attached hydrogen (secondary N) is 1. The largest absolute Gasteiger partial charge is 0.368 e. The third-order valence-electron chi connectivity index (χ3n) is 5.69. The number of para-hydroxylation sites is 1. The zero-order chi connectivity index (χ0) is 25.4. The smallest absolute Gasteiger partial charge is 0.240 e. The number of rotatable bonds is 11. The number of fused-ring (bicyclic) bond motifs is 1. The summed E-state index contributed by atoms with van der Waals surface area (Å²) in [4.78, 5) is 24.2. The average Bonchev–Trinajstić information content (AvgIpc) is 2.84. The van der Waals surface area contributed by atoms with Gasteiger partial charge in [0.2, 0.25) is 5.91 Å². The quantitative estimate of drug-likeness (QED) is 0.351. The normalized spacial score (nSPS) is 17.4. The average molecular weight is 517 g/mol. The molecule has 3 rings (SSSR count). The number of carbonyl (C=O) groups excluding carboxylic acids is 1. The number of halogens is 1. The van der Waals surface area contributed by atoms with Crippen LogP contribution in [0, 0.1) is 5.92 Å². The predicted octanol–water partition coefficient (Wildman–Crippen LogP) is 3.20. The first kappa shape index (κ1) is 27.0. The number of amides is 1. The van der Waals surface area contributed by atoms with Crippen molar-refractivity contribution in [1.82, 2.24) is 19.2 Å². The van der Waals surface area contributed by atoms with Gasteiger partial charge in [-0.1, -0.05) is 50.8 Å². The van der Waals surface area contributed by atoms with Crippen LogP contribution in [0.5, 0.6) is 0 Å². The zero-order valence-electron chi connectivity index (χ0n) is 20.2. The molecule has 0 saturated carbocycles. The lowest BCUT2D eigenvalue weighted by Gasteiger charge is -2.33. The Kier molecular flexibility index (Phi) is 9.97. The SMILES string of the molecule is C=C(/C=C\C=C/CCl)S(=O)N1CCN(Cc2nc(N[C@H](C(N)=O)C(C)C)c3ccccc3n2)CC1. The van der Waals surface area contributed by atoms with Gasteiger partial charge in [-0.15, -0.1) is 11.6 Å². The highest BCUT2D eigenvalue weighted by Crippen LogP contribution is 2.23. The Morgan fingerprint density at radius 3 is 2.60 bits per heavy atom. The first-order chi connectivity index (χ1) is 16.8. The van der Waals surface area contributed by atoms with Crippen LogP contribution in [0.25, 0.3) is 10.9 Å². The molecule has 2 aromatic rings. The van der Waals surface area contributed by atoms with E-state index in [4.69, 9.17) is 27.3 Å². The number of hydrogen-bond acceptors (Lipinski definition) is 6. The Hall–Kier alpha value is -2.59. The molecule has 10 heteroatoms. The molecule has 0 radical (unpaired) electrons. The molecule has 35 heavy (non-hydrogen) atoms. The van der Waals surface area contributed by atoms with Gasteiger partial charge in [0.15, 0.2) is 0 Å². The van der Waals surface area contributed by atoms with Crippen LogP contribution in [0.2, 0.25) is 0 Å². The van der Waals surface area contributed by atoms with E-state index in [1.54, 1.807) is 18.2 Å². The summed E-state index contributed by atoms with van der Waals surface area (Å²) in [7, 11) is -1.28. The maximum Gasteiger partial charge on any atom is 0.240 e. The summed E-state index contributed by atoms with van der Waals surface area (Å²) in [5, 5.41) is 4.08. The Morgan fingerprint density at radius 2 is 1.94 bits per heavy atom. The van der Waals surface area contributed by atoms with Gasteiger partial charge in [0.1, 0.15) is 28.7 Å². The molecule has 0 aliphatic carbocycles.